The predicted molar refractivity (Wildman–Crippen MR) is 95.5 cm³/mol. The van der Waals surface area contributed by atoms with Gasteiger partial charge >= 0.3 is 0 Å². The molecule has 0 bridgehead atoms. The maximum absolute atomic E-state index is 5.51. The highest BCUT2D eigenvalue weighted by atomic mass is 32.2. The maximum Gasteiger partial charge on any atom is 0.230 e. The number of nitrogens with zero attached hydrogens (tertiary/aromatic N) is 5. The maximum atomic E-state index is 5.51. The highest BCUT2D eigenvalue weighted by Crippen LogP contribution is 2.11. The molecule has 1 rings (SSSR count). The van der Waals surface area contributed by atoms with Crippen molar-refractivity contribution in [3.8, 4) is 0 Å². The average Bonchev–Trinajstić information content (AvgIpc) is 2.55. The van der Waals surface area contributed by atoms with Gasteiger partial charge in [-0.15, -0.1) is 20.4 Å². The molecule has 1 heterocycles. The van der Waals surface area contributed by atoms with Crippen molar-refractivity contribution < 1.29 is 18.7 Å². The Morgan fingerprint density at radius 3 is 1.79 bits per heavy atom. The van der Waals surface area contributed by atoms with E-state index in [1.165, 1.54) is 23.5 Å². The molecule has 0 aliphatic rings. The summed E-state index contributed by atoms with van der Waals surface area (Å²) >= 11 is 2.89. The van der Waals surface area contributed by atoms with Gasteiger partial charge in [-0.25, -0.2) is 0 Å². The van der Waals surface area contributed by atoms with Crippen LogP contribution in [-0.2, 0) is 14.2 Å². The number of hydrogen-bond donors (Lipinski definition) is 0. The van der Waals surface area contributed by atoms with Crippen LogP contribution in [0.3, 0.4) is 0 Å². The van der Waals surface area contributed by atoms with Gasteiger partial charge in [-0.2, -0.15) is 0 Å². The zero-order valence-electron chi connectivity index (χ0n) is 14.9. The second-order valence-electron chi connectivity index (χ2n) is 5.87. The molecule has 0 spiro atoms. The van der Waals surface area contributed by atoms with Gasteiger partial charge in [0.1, 0.15) is 6.54 Å². The first-order valence-electron chi connectivity index (χ1n) is 7.79. The van der Waals surface area contributed by atoms with Crippen LogP contribution in [0.25, 0.3) is 0 Å². The van der Waals surface area contributed by atoms with Crippen LogP contribution < -0.4 is 0 Å². The zero-order chi connectivity index (χ0) is 17.7. The lowest BCUT2D eigenvalue weighted by atomic mass is 10.5. The van der Waals surface area contributed by atoms with Crippen LogP contribution in [-0.4, -0.2) is 104 Å². The third kappa shape index (κ3) is 11.9. The van der Waals surface area contributed by atoms with Crippen LogP contribution in [0.4, 0.5) is 0 Å². The standard InChI is InChI=1S/C14H28N5O3S2/c1-19(2,3)5-6-20-7-8-21-9-10-22-11-12-24-14-17-15-13(23-4)16-18-14/h5-12H2,1-4H3/q+1. The van der Waals surface area contributed by atoms with E-state index in [1.54, 1.807) is 0 Å². The van der Waals surface area contributed by atoms with Crippen molar-refractivity contribution in [1.29, 1.82) is 0 Å². The minimum Gasteiger partial charge on any atom is -0.378 e. The molecular weight excluding hydrogens is 350 g/mol. The van der Waals surface area contributed by atoms with Gasteiger partial charge in [0.05, 0.1) is 60.8 Å². The molecule has 0 aliphatic carbocycles. The Labute approximate surface area is 152 Å². The number of thioether (sulfide) groups is 2. The lowest BCUT2D eigenvalue weighted by molar-refractivity contribution is -0.870. The lowest BCUT2D eigenvalue weighted by Crippen LogP contribution is -2.37. The molecular formula is C14H28N5O3S2+. The van der Waals surface area contributed by atoms with Crippen LogP contribution >= 0.6 is 23.5 Å². The van der Waals surface area contributed by atoms with Gasteiger partial charge in [0.15, 0.2) is 0 Å². The van der Waals surface area contributed by atoms with Crippen molar-refractivity contribution in [3.05, 3.63) is 0 Å². The Kier molecular flexibility index (Phi) is 11.5. The topological polar surface area (TPSA) is 79.3 Å². The fraction of sp³-hybridized carbons (Fsp3) is 0.857. The second-order valence-corrected chi connectivity index (χ2v) is 7.70. The highest BCUT2D eigenvalue weighted by Gasteiger charge is 2.05. The Morgan fingerprint density at radius 2 is 1.25 bits per heavy atom. The van der Waals surface area contributed by atoms with Gasteiger partial charge in [-0.1, -0.05) is 23.5 Å². The van der Waals surface area contributed by atoms with E-state index in [-0.39, 0.29) is 0 Å². The highest BCUT2D eigenvalue weighted by molar-refractivity contribution is 7.99. The molecule has 24 heavy (non-hydrogen) atoms. The van der Waals surface area contributed by atoms with Crippen LogP contribution in [0.5, 0.6) is 0 Å². The van der Waals surface area contributed by atoms with Gasteiger partial charge in [0, 0.05) is 5.75 Å². The fourth-order valence-corrected chi connectivity index (χ4v) is 2.25. The molecule has 0 aliphatic heterocycles. The van der Waals surface area contributed by atoms with Crippen molar-refractivity contribution in [3.63, 3.8) is 0 Å². The van der Waals surface area contributed by atoms with E-state index in [9.17, 15) is 0 Å². The predicted octanol–water partition coefficient (Wildman–Crippen LogP) is 0.837. The molecule has 0 aromatic carbocycles. The summed E-state index contributed by atoms with van der Waals surface area (Å²) in [6.45, 7) is 4.73. The van der Waals surface area contributed by atoms with Crippen LogP contribution in [0, 0.1) is 0 Å². The summed E-state index contributed by atoms with van der Waals surface area (Å²) in [4.78, 5) is 0. The van der Waals surface area contributed by atoms with Crippen LogP contribution in [0.2, 0.25) is 0 Å². The number of ether oxygens (including phenoxy) is 3. The van der Waals surface area contributed by atoms with Gasteiger partial charge in [0.25, 0.3) is 0 Å². The van der Waals surface area contributed by atoms with Gasteiger partial charge in [0.2, 0.25) is 10.3 Å². The average molecular weight is 379 g/mol. The SMILES string of the molecule is CSc1nnc(SCCOCCOCCOCC[N+](C)(C)C)nn1. The molecule has 138 valence electrons. The summed E-state index contributed by atoms with van der Waals surface area (Å²) < 4.78 is 17.3. The normalized spacial score (nSPS) is 11.8. The van der Waals surface area contributed by atoms with Gasteiger partial charge in [-0.3, -0.25) is 0 Å². The molecule has 0 N–H and O–H groups in total. The van der Waals surface area contributed by atoms with Crippen molar-refractivity contribution in [2.75, 3.05) is 79.3 Å². The third-order valence-electron chi connectivity index (χ3n) is 2.73. The first kappa shape index (κ1) is 21.5. The molecule has 0 fully saturated rings. The molecule has 8 nitrogen and oxygen atoms in total. The minimum atomic E-state index is 0.568. The van der Waals surface area contributed by atoms with Crippen molar-refractivity contribution in [1.82, 2.24) is 20.4 Å². The Bertz CT molecular complexity index is 431. The Morgan fingerprint density at radius 1 is 0.750 bits per heavy atom. The van der Waals surface area contributed by atoms with E-state index < -0.39 is 0 Å². The summed E-state index contributed by atoms with van der Waals surface area (Å²) in [5, 5.41) is 16.9. The minimum absolute atomic E-state index is 0.568. The number of quaternary nitrogens is 1. The summed E-state index contributed by atoms with van der Waals surface area (Å²) in [6, 6.07) is 0. The van der Waals surface area contributed by atoms with E-state index in [0.717, 1.165) is 23.4 Å². The summed E-state index contributed by atoms with van der Waals surface area (Å²) in [6.07, 6.45) is 1.89. The largest absolute Gasteiger partial charge is 0.378 e. The van der Waals surface area contributed by atoms with Crippen LogP contribution in [0.15, 0.2) is 10.3 Å². The van der Waals surface area contributed by atoms with E-state index in [0.29, 0.717) is 43.3 Å². The monoisotopic (exact) mass is 378 g/mol. The Hall–Kier alpha value is -0.520. The zero-order valence-corrected chi connectivity index (χ0v) is 16.6. The van der Waals surface area contributed by atoms with E-state index >= 15 is 0 Å². The molecule has 0 atom stereocenters. The Balaban J connectivity index is 1.85. The second kappa shape index (κ2) is 12.8. The third-order valence-corrected chi connectivity index (χ3v) is 4.05. The molecule has 1 aromatic rings. The summed E-state index contributed by atoms with van der Waals surface area (Å²) in [5.74, 6) is 0.760. The number of aromatic nitrogens is 4. The molecule has 0 unspecified atom stereocenters. The number of hydrogen-bond acceptors (Lipinski definition) is 9. The quantitative estimate of drug-likeness (QED) is 0.266. The van der Waals surface area contributed by atoms with E-state index in [2.05, 4.69) is 41.5 Å². The molecule has 1 aromatic heterocycles. The number of likely N-dealkylation sites (N-methyl/N-ethyl adjacent to an activating group) is 1. The summed E-state index contributed by atoms with van der Waals surface area (Å²) in [7, 11) is 6.44. The van der Waals surface area contributed by atoms with Crippen molar-refractivity contribution in [2.45, 2.75) is 10.3 Å². The van der Waals surface area contributed by atoms with E-state index in [4.69, 9.17) is 14.2 Å². The van der Waals surface area contributed by atoms with Gasteiger partial charge in [-0.05, 0) is 6.26 Å². The van der Waals surface area contributed by atoms with Crippen LogP contribution in [0.1, 0.15) is 0 Å². The van der Waals surface area contributed by atoms with E-state index in [1.807, 2.05) is 6.26 Å². The summed E-state index contributed by atoms with van der Waals surface area (Å²) in [5.41, 5.74) is 0. The molecule has 0 radical (unpaired) electrons. The van der Waals surface area contributed by atoms with Crippen molar-refractivity contribution >= 4 is 23.5 Å². The smallest absolute Gasteiger partial charge is 0.230 e. The first-order valence-corrected chi connectivity index (χ1v) is 10.00. The molecule has 0 saturated heterocycles. The molecule has 0 saturated carbocycles. The fourth-order valence-electron chi connectivity index (χ4n) is 1.42. The lowest BCUT2D eigenvalue weighted by Gasteiger charge is -2.23. The molecule has 0 amide bonds. The van der Waals surface area contributed by atoms with Gasteiger partial charge < -0.3 is 18.7 Å². The first-order chi connectivity index (χ1) is 11.5. The molecule has 10 heteroatoms. The van der Waals surface area contributed by atoms with Crippen molar-refractivity contribution in [2.24, 2.45) is 0 Å². The number of rotatable bonds is 14.